The fourth-order valence-electron chi connectivity index (χ4n) is 4.29. The van der Waals surface area contributed by atoms with Crippen LogP contribution in [0.15, 0.2) is 59.8 Å². The van der Waals surface area contributed by atoms with Crippen molar-refractivity contribution in [2.24, 2.45) is 0 Å². The second kappa shape index (κ2) is 8.84. The van der Waals surface area contributed by atoms with Gasteiger partial charge in [-0.1, -0.05) is 12.1 Å². The number of morpholine rings is 1. The molecule has 0 bridgehead atoms. The number of alkyl halides is 3. The van der Waals surface area contributed by atoms with Crippen molar-refractivity contribution in [1.82, 2.24) is 14.1 Å². The van der Waals surface area contributed by atoms with E-state index in [2.05, 4.69) is 16.9 Å². The molecular weight excluding hydrogens is 464 g/mol. The number of hydrogen-bond acceptors (Lipinski definition) is 4. The smallest absolute Gasteiger partial charge is 0.378 e. The summed E-state index contributed by atoms with van der Waals surface area (Å²) in [5, 5.41) is 0.810. The molecule has 0 saturated carbocycles. The van der Waals surface area contributed by atoms with Gasteiger partial charge >= 0.3 is 6.18 Å². The molecule has 0 aliphatic carbocycles. The van der Waals surface area contributed by atoms with Crippen LogP contribution in [-0.2, 0) is 17.5 Å². The summed E-state index contributed by atoms with van der Waals surface area (Å²) in [7, 11) is 3.97. The highest BCUT2D eigenvalue weighted by Gasteiger charge is 2.34. The molecule has 3 aromatic heterocycles. The van der Waals surface area contributed by atoms with Gasteiger partial charge in [0.1, 0.15) is 11.5 Å². The summed E-state index contributed by atoms with van der Waals surface area (Å²) in [6.45, 7) is 2.43. The molecule has 0 unspecified atom stereocenters. The molecule has 1 aliphatic rings. The van der Waals surface area contributed by atoms with Crippen LogP contribution in [0.4, 0.5) is 23.2 Å². The highest BCUT2D eigenvalue weighted by Crippen LogP contribution is 2.33. The first-order chi connectivity index (χ1) is 16.7. The van der Waals surface area contributed by atoms with Gasteiger partial charge in [-0.3, -0.25) is 4.79 Å². The summed E-state index contributed by atoms with van der Waals surface area (Å²) >= 11 is 0. The second-order valence-corrected chi connectivity index (χ2v) is 8.33. The molecule has 0 N–H and O–H groups in total. The van der Waals surface area contributed by atoms with Crippen molar-refractivity contribution in [3.63, 3.8) is 0 Å². The van der Waals surface area contributed by atoms with Crippen LogP contribution < -0.4 is 10.5 Å². The summed E-state index contributed by atoms with van der Waals surface area (Å²) in [5.41, 5.74) is 0.876. The van der Waals surface area contributed by atoms with Crippen molar-refractivity contribution in [1.29, 1.82) is 0 Å². The molecular formula is C25H21F4N4O2. The molecule has 10 heteroatoms. The number of nitrogens with zero attached hydrogens (tertiary/aromatic N) is 4. The molecule has 0 spiro atoms. The van der Waals surface area contributed by atoms with E-state index in [0.717, 1.165) is 35.8 Å². The molecule has 0 amide bonds. The standard InChI is InChI=1S/C25H21F4N4O2/c1-31-15-20(19-12-18(13-30-24(19)31)32-7-9-35-10-8-32)16-5-6-33(22(34)11-16)14-17-3-2-4-21(23(17)26)25(27,28)29/h2-6,11-13,15H,1,7-10,14H2. The molecule has 6 nitrogen and oxygen atoms in total. The van der Waals surface area contributed by atoms with E-state index in [0.29, 0.717) is 30.5 Å². The zero-order valence-corrected chi connectivity index (χ0v) is 18.6. The summed E-state index contributed by atoms with van der Waals surface area (Å²) in [6, 6.07) is 8.08. The summed E-state index contributed by atoms with van der Waals surface area (Å²) in [4.78, 5) is 19.5. The number of pyridine rings is 2. The number of halogens is 4. The zero-order chi connectivity index (χ0) is 24.7. The lowest BCUT2D eigenvalue weighted by atomic mass is 10.1. The minimum atomic E-state index is -4.81. The first-order valence-corrected chi connectivity index (χ1v) is 10.9. The van der Waals surface area contributed by atoms with Crippen LogP contribution in [0.5, 0.6) is 0 Å². The lowest BCUT2D eigenvalue weighted by Crippen LogP contribution is -2.36. The number of ether oxygens (including phenoxy) is 1. The zero-order valence-electron chi connectivity index (χ0n) is 18.6. The van der Waals surface area contributed by atoms with Crippen molar-refractivity contribution in [2.75, 3.05) is 31.2 Å². The molecule has 4 aromatic rings. The second-order valence-electron chi connectivity index (χ2n) is 8.33. The van der Waals surface area contributed by atoms with E-state index in [1.165, 1.54) is 22.9 Å². The SMILES string of the molecule is [CH2]n1cc(-c2ccn(Cc3cccc(C(F)(F)F)c3F)c(=O)c2)c2cc(N3CCOCC3)cnc21. The van der Waals surface area contributed by atoms with Gasteiger partial charge in [-0.2, -0.15) is 13.2 Å². The number of aromatic nitrogens is 3. The Morgan fingerprint density at radius 1 is 1.11 bits per heavy atom. The van der Waals surface area contributed by atoms with Gasteiger partial charge in [-0.15, -0.1) is 0 Å². The third kappa shape index (κ3) is 4.41. The Hall–Kier alpha value is -3.66. The lowest BCUT2D eigenvalue weighted by molar-refractivity contribution is -0.140. The largest absolute Gasteiger partial charge is 0.419 e. The predicted molar refractivity (Wildman–Crippen MR) is 124 cm³/mol. The normalized spacial score (nSPS) is 14.6. The number of hydrogen-bond donors (Lipinski definition) is 0. The Bertz CT molecular complexity index is 1450. The van der Waals surface area contributed by atoms with Crippen LogP contribution in [0.1, 0.15) is 11.1 Å². The summed E-state index contributed by atoms with van der Waals surface area (Å²) in [6.07, 6.45) is 0.182. The first kappa shape index (κ1) is 23.1. The van der Waals surface area contributed by atoms with E-state index in [9.17, 15) is 22.4 Å². The van der Waals surface area contributed by atoms with Gasteiger partial charge in [0.05, 0.1) is 37.2 Å². The average molecular weight is 485 g/mol. The fraction of sp³-hybridized carbons (Fsp3) is 0.240. The monoisotopic (exact) mass is 485 g/mol. The van der Waals surface area contributed by atoms with Crippen LogP contribution >= 0.6 is 0 Å². The van der Waals surface area contributed by atoms with Gasteiger partial charge in [0.2, 0.25) is 0 Å². The molecule has 5 rings (SSSR count). The quantitative estimate of drug-likeness (QED) is 0.398. The maximum Gasteiger partial charge on any atom is 0.419 e. The molecule has 1 aromatic carbocycles. The van der Waals surface area contributed by atoms with Crippen LogP contribution in [0, 0.1) is 12.9 Å². The molecule has 1 saturated heterocycles. The van der Waals surface area contributed by atoms with E-state index in [-0.39, 0.29) is 12.1 Å². The Morgan fingerprint density at radius 3 is 2.60 bits per heavy atom. The van der Waals surface area contributed by atoms with Crippen LogP contribution in [0.3, 0.4) is 0 Å². The average Bonchev–Trinajstić information content (AvgIpc) is 3.17. The highest BCUT2D eigenvalue weighted by molar-refractivity contribution is 5.95. The van der Waals surface area contributed by atoms with E-state index >= 15 is 0 Å². The molecule has 181 valence electrons. The Labute approximate surface area is 198 Å². The number of benzene rings is 1. The first-order valence-electron chi connectivity index (χ1n) is 10.9. The van der Waals surface area contributed by atoms with E-state index in [1.54, 1.807) is 23.0 Å². The minimum Gasteiger partial charge on any atom is -0.378 e. The molecule has 1 fully saturated rings. The Morgan fingerprint density at radius 2 is 1.89 bits per heavy atom. The van der Waals surface area contributed by atoms with E-state index < -0.39 is 23.1 Å². The highest BCUT2D eigenvalue weighted by atomic mass is 19.4. The van der Waals surface area contributed by atoms with Crippen LogP contribution in [-0.4, -0.2) is 40.4 Å². The molecule has 0 atom stereocenters. The van der Waals surface area contributed by atoms with Gasteiger partial charge in [0.15, 0.2) is 0 Å². The van der Waals surface area contributed by atoms with Gasteiger partial charge in [-0.05, 0) is 23.8 Å². The van der Waals surface area contributed by atoms with Crippen LogP contribution in [0.2, 0.25) is 0 Å². The molecule has 1 aliphatic heterocycles. The van der Waals surface area contributed by atoms with Crippen molar-refractivity contribution < 1.29 is 22.3 Å². The lowest BCUT2D eigenvalue weighted by Gasteiger charge is -2.28. The van der Waals surface area contributed by atoms with Gasteiger partial charge in [0.25, 0.3) is 5.56 Å². The third-order valence-electron chi connectivity index (χ3n) is 6.11. The van der Waals surface area contributed by atoms with Gasteiger partial charge in [-0.25, -0.2) is 9.37 Å². The molecule has 4 heterocycles. The number of fused-ring (bicyclic) bond motifs is 1. The Kier molecular flexibility index (Phi) is 5.84. The third-order valence-corrected chi connectivity index (χ3v) is 6.11. The van der Waals surface area contributed by atoms with Gasteiger partial charge < -0.3 is 18.8 Å². The Balaban J connectivity index is 1.49. The number of anilines is 1. The molecule has 35 heavy (non-hydrogen) atoms. The summed E-state index contributed by atoms with van der Waals surface area (Å²) < 4.78 is 61.7. The maximum atomic E-state index is 14.4. The minimum absolute atomic E-state index is 0.219. The maximum absolute atomic E-state index is 14.4. The number of rotatable bonds is 4. The summed E-state index contributed by atoms with van der Waals surface area (Å²) in [5.74, 6) is -1.38. The van der Waals surface area contributed by atoms with E-state index in [4.69, 9.17) is 4.74 Å². The van der Waals surface area contributed by atoms with Crippen LogP contribution in [0.25, 0.3) is 22.2 Å². The van der Waals surface area contributed by atoms with Crippen molar-refractivity contribution >= 4 is 16.7 Å². The predicted octanol–water partition coefficient (Wildman–Crippen LogP) is 4.55. The van der Waals surface area contributed by atoms with E-state index in [1.807, 2.05) is 6.07 Å². The van der Waals surface area contributed by atoms with Crippen molar-refractivity contribution in [3.8, 4) is 11.1 Å². The van der Waals surface area contributed by atoms with Crippen molar-refractivity contribution in [2.45, 2.75) is 12.7 Å². The van der Waals surface area contributed by atoms with Gasteiger partial charge in [0, 0.05) is 55.1 Å². The fourth-order valence-corrected chi connectivity index (χ4v) is 4.29. The van der Waals surface area contributed by atoms with Crippen molar-refractivity contribution in [3.05, 3.63) is 89.3 Å². The molecule has 1 radical (unpaired) electrons. The topological polar surface area (TPSA) is 52.3 Å².